The van der Waals surface area contributed by atoms with Crippen LogP contribution < -0.4 is 15.4 Å². The highest BCUT2D eigenvalue weighted by atomic mass is 19.4. The number of ether oxygens (including phenoxy) is 1. The fraction of sp³-hybridized carbons (Fsp3) is 0.160. The summed E-state index contributed by atoms with van der Waals surface area (Å²) >= 11 is 0. The predicted molar refractivity (Wildman–Crippen MR) is 122 cm³/mol. The molecule has 10 heteroatoms. The summed E-state index contributed by atoms with van der Waals surface area (Å²) in [5, 5.41) is 5.61. The fourth-order valence-corrected chi connectivity index (χ4v) is 3.96. The number of carbonyl (C=O) groups excluding carboxylic acids is 2. The molecule has 0 aliphatic carbocycles. The van der Waals surface area contributed by atoms with E-state index >= 15 is 0 Å². The highest BCUT2D eigenvalue weighted by Crippen LogP contribution is 2.32. The highest BCUT2D eigenvalue weighted by Gasteiger charge is 2.35. The maximum absolute atomic E-state index is 13.1. The van der Waals surface area contributed by atoms with Crippen molar-refractivity contribution in [3.63, 3.8) is 0 Å². The van der Waals surface area contributed by atoms with Crippen LogP contribution in [0.25, 0.3) is 11.0 Å². The van der Waals surface area contributed by atoms with Crippen molar-refractivity contribution < 1.29 is 27.5 Å². The first kappa shape index (κ1) is 22.5. The maximum atomic E-state index is 13.1. The SMILES string of the molecule is O=C(C[C@@H]1Oc2ccccc2NC1=O)N[C@@H](c1ccccc1)c1ccc2nc(C(F)(F)F)[nH]c2c1. The van der Waals surface area contributed by atoms with Gasteiger partial charge in [-0.3, -0.25) is 9.59 Å². The zero-order valence-electron chi connectivity index (χ0n) is 18.1. The number of rotatable bonds is 5. The van der Waals surface area contributed by atoms with Gasteiger partial charge in [-0.25, -0.2) is 4.98 Å². The summed E-state index contributed by atoms with van der Waals surface area (Å²) in [5.74, 6) is -1.52. The number of imidazole rings is 1. The molecule has 0 bridgehead atoms. The predicted octanol–water partition coefficient (Wildman–Crippen LogP) is 4.58. The number of halogens is 3. The number of aromatic nitrogens is 2. The molecule has 0 radical (unpaired) electrons. The number of alkyl halides is 3. The zero-order chi connectivity index (χ0) is 24.6. The number of amides is 2. The van der Waals surface area contributed by atoms with Crippen molar-refractivity contribution in [1.82, 2.24) is 15.3 Å². The number of nitrogens with one attached hydrogen (secondary N) is 3. The minimum atomic E-state index is -4.61. The second-order valence-corrected chi connectivity index (χ2v) is 8.07. The fourth-order valence-electron chi connectivity index (χ4n) is 3.96. The van der Waals surface area contributed by atoms with Crippen LogP contribution in [0, 0.1) is 0 Å². The van der Waals surface area contributed by atoms with Gasteiger partial charge in [0, 0.05) is 0 Å². The standard InChI is InChI=1S/C25H19F3N4O3/c26-25(27,28)24-30-16-11-10-15(12-18(16)31-24)22(14-6-2-1-3-7-14)32-21(33)13-20-23(34)29-17-8-4-5-9-19(17)35-20/h1-12,20,22H,13H2,(H,29,34)(H,30,31)(H,32,33)/t20-,22-/m0/s1. The summed E-state index contributed by atoms with van der Waals surface area (Å²) in [7, 11) is 0. The van der Waals surface area contributed by atoms with Gasteiger partial charge in [0.2, 0.25) is 11.7 Å². The number of H-pyrrole nitrogens is 1. The molecule has 0 saturated carbocycles. The lowest BCUT2D eigenvalue weighted by Crippen LogP contribution is -2.41. The Hall–Kier alpha value is -4.34. The Morgan fingerprint density at radius 2 is 1.77 bits per heavy atom. The molecule has 2 heterocycles. The van der Waals surface area contributed by atoms with Crippen molar-refractivity contribution in [2.75, 3.05) is 5.32 Å². The van der Waals surface area contributed by atoms with Gasteiger partial charge in [0.05, 0.1) is 29.2 Å². The van der Waals surface area contributed by atoms with Crippen molar-refractivity contribution in [1.29, 1.82) is 0 Å². The number of para-hydroxylation sites is 2. The summed E-state index contributed by atoms with van der Waals surface area (Å²) in [6, 6.07) is 19.8. The van der Waals surface area contributed by atoms with E-state index in [1.807, 2.05) is 6.07 Å². The Kier molecular flexibility index (Phi) is 5.64. The van der Waals surface area contributed by atoms with Gasteiger partial charge in [0.15, 0.2) is 6.10 Å². The molecule has 2 atom stereocenters. The number of carbonyl (C=O) groups is 2. The van der Waals surface area contributed by atoms with E-state index in [0.717, 1.165) is 5.56 Å². The molecule has 178 valence electrons. The minimum Gasteiger partial charge on any atom is -0.478 e. The monoisotopic (exact) mass is 480 g/mol. The smallest absolute Gasteiger partial charge is 0.449 e. The van der Waals surface area contributed by atoms with Gasteiger partial charge in [0.1, 0.15) is 5.75 Å². The number of benzene rings is 3. The molecular formula is C25H19F3N4O3. The van der Waals surface area contributed by atoms with Gasteiger partial charge in [-0.1, -0.05) is 48.5 Å². The topological polar surface area (TPSA) is 96.1 Å². The first-order valence-corrected chi connectivity index (χ1v) is 10.8. The van der Waals surface area contributed by atoms with Crippen LogP contribution in [0.1, 0.15) is 29.4 Å². The lowest BCUT2D eigenvalue weighted by Gasteiger charge is -2.26. The van der Waals surface area contributed by atoms with Crippen LogP contribution >= 0.6 is 0 Å². The molecule has 0 spiro atoms. The van der Waals surface area contributed by atoms with Gasteiger partial charge >= 0.3 is 6.18 Å². The van der Waals surface area contributed by atoms with E-state index in [1.165, 1.54) is 12.1 Å². The van der Waals surface area contributed by atoms with Gasteiger partial charge < -0.3 is 20.4 Å². The second kappa shape index (κ2) is 8.79. The van der Waals surface area contributed by atoms with Gasteiger partial charge in [-0.2, -0.15) is 13.2 Å². The van der Waals surface area contributed by atoms with E-state index in [9.17, 15) is 22.8 Å². The summed E-state index contributed by atoms with van der Waals surface area (Å²) in [4.78, 5) is 31.3. The number of hydrogen-bond donors (Lipinski definition) is 3. The summed E-state index contributed by atoms with van der Waals surface area (Å²) in [6.07, 6.45) is -5.87. The molecule has 5 rings (SSSR count). The Bertz CT molecular complexity index is 1400. The summed E-state index contributed by atoms with van der Waals surface area (Å²) in [5.41, 5.74) is 2.15. The second-order valence-electron chi connectivity index (χ2n) is 8.07. The van der Waals surface area contributed by atoms with Crippen LogP contribution in [0.15, 0.2) is 72.8 Å². The molecule has 0 fully saturated rings. The van der Waals surface area contributed by atoms with Crippen LogP contribution in [-0.4, -0.2) is 27.9 Å². The Labute approximate surface area is 197 Å². The van der Waals surface area contributed by atoms with E-state index in [4.69, 9.17) is 4.74 Å². The Morgan fingerprint density at radius 1 is 1.03 bits per heavy atom. The van der Waals surface area contributed by atoms with Gasteiger partial charge in [-0.05, 0) is 35.4 Å². The van der Waals surface area contributed by atoms with Crippen LogP contribution in [0.2, 0.25) is 0 Å². The molecule has 4 aromatic rings. The van der Waals surface area contributed by atoms with E-state index < -0.39 is 36.0 Å². The van der Waals surface area contributed by atoms with Crippen molar-refractivity contribution in [2.45, 2.75) is 24.7 Å². The molecule has 0 unspecified atom stereocenters. The molecule has 35 heavy (non-hydrogen) atoms. The van der Waals surface area contributed by atoms with Crippen LogP contribution in [0.4, 0.5) is 18.9 Å². The lowest BCUT2D eigenvalue weighted by molar-refractivity contribution is -0.144. The van der Waals surface area contributed by atoms with Gasteiger partial charge in [0.25, 0.3) is 5.91 Å². The zero-order valence-corrected chi connectivity index (χ0v) is 18.1. The minimum absolute atomic E-state index is 0.158. The molecule has 3 N–H and O–H groups in total. The lowest BCUT2D eigenvalue weighted by atomic mass is 9.98. The first-order chi connectivity index (χ1) is 16.8. The first-order valence-electron chi connectivity index (χ1n) is 10.8. The largest absolute Gasteiger partial charge is 0.478 e. The average Bonchev–Trinajstić information content (AvgIpc) is 3.28. The van der Waals surface area contributed by atoms with E-state index in [-0.39, 0.29) is 17.5 Å². The number of hydrogen-bond acceptors (Lipinski definition) is 4. The molecule has 0 saturated heterocycles. The van der Waals surface area contributed by atoms with Gasteiger partial charge in [-0.15, -0.1) is 0 Å². The average molecular weight is 480 g/mol. The number of fused-ring (bicyclic) bond motifs is 2. The van der Waals surface area contributed by atoms with E-state index in [1.54, 1.807) is 54.6 Å². The van der Waals surface area contributed by atoms with E-state index in [2.05, 4.69) is 20.6 Å². The third-order valence-electron chi connectivity index (χ3n) is 5.62. The molecule has 7 nitrogen and oxygen atoms in total. The third-order valence-corrected chi connectivity index (χ3v) is 5.62. The van der Waals surface area contributed by atoms with Crippen molar-refractivity contribution in [3.8, 4) is 5.75 Å². The molecule has 1 aliphatic heterocycles. The Balaban J connectivity index is 1.40. The van der Waals surface area contributed by atoms with Crippen molar-refractivity contribution in [2.24, 2.45) is 0 Å². The summed E-state index contributed by atoms with van der Waals surface area (Å²) in [6.45, 7) is 0. The third kappa shape index (κ3) is 4.68. The van der Waals surface area contributed by atoms with Crippen LogP contribution in [0.5, 0.6) is 5.75 Å². The number of aromatic amines is 1. The van der Waals surface area contributed by atoms with Crippen LogP contribution in [0.3, 0.4) is 0 Å². The highest BCUT2D eigenvalue weighted by molar-refractivity contribution is 6.00. The van der Waals surface area contributed by atoms with Crippen molar-refractivity contribution in [3.05, 3.63) is 89.7 Å². The number of anilines is 1. The number of nitrogens with zero attached hydrogens (tertiary/aromatic N) is 1. The maximum Gasteiger partial charge on any atom is 0.449 e. The molecule has 1 aliphatic rings. The Morgan fingerprint density at radius 3 is 2.54 bits per heavy atom. The molecule has 1 aromatic heterocycles. The quantitative estimate of drug-likeness (QED) is 0.390. The summed E-state index contributed by atoms with van der Waals surface area (Å²) < 4.78 is 44.9. The van der Waals surface area contributed by atoms with Crippen LogP contribution in [-0.2, 0) is 15.8 Å². The molecular weight excluding hydrogens is 461 g/mol. The molecule has 3 aromatic carbocycles. The molecule has 2 amide bonds. The van der Waals surface area contributed by atoms with E-state index in [0.29, 0.717) is 17.0 Å². The van der Waals surface area contributed by atoms with Crippen molar-refractivity contribution >= 4 is 28.5 Å². The normalized spacial score (nSPS) is 16.2.